The Morgan fingerprint density at radius 2 is 1.23 bits per heavy atom. The van der Waals surface area contributed by atoms with Crippen molar-refractivity contribution in [2.75, 3.05) is 0 Å². The maximum atomic E-state index is 11.9. The summed E-state index contributed by atoms with van der Waals surface area (Å²) in [6, 6.07) is 0. The Morgan fingerprint density at radius 3 is 1.77 bits per heavy atom. The van der Waals surface area contributed by atoms with Crippen molar-refractivity contribution in [2.45, 2.75) is 123 Å². The highest BCUT2D eigenvalue weighted by atomic mass is 16.5. The molecule has 0 aliphatic heterocycles. The van der Waals surface area contributed by atoms with Crippen molar-refractivity contribution < 1.29 is 9.53 Å². The van der Waals surface area contributed by atoms with Gasteiger partial charge in [-0.25, -0.2) is 0 Å². The van der Waals surface area contributed by atoms with Crippen molar-refractivity contribution in [1.82, 2.24) is 0 Å². The minimum atomic E-state index is 0.0216. The normalized spacial score (nSPS) is 12.3. The van der Waals surface area contributed by atoms with Gasteiger partial charge in [0.25, 0.3) is 0 Å². The molecule has 2 heteroatoms. The molecule has 0 amide bonds. The fraction of sp³-hybridized carbons (Fsp3) is 0.950. The molecule has 0 radical (unpaired) electrons. The lowest BCUT2D eigenvalue weighted by molar-refractivity contribution is -0.149. The van der Waals surface area contributed by atoms with Crippen molar-refractivity contribution in [3.63, 3.8) is 0 Å². The summed E-state index contributed by atoms with van der Waals surface area (Å²) in [7, 11) is 0. The molecule has 0 N–H and O–H groups in total. The van der Waals surface area contributed by atoms with Gasteiger partial charge in [-0.1, -0.05) is 85.0 Å². The molecule has 0 saturated heterocycles. The lowest BCUT2D eigenvalue weighted by Gasteiger charge is -2.16. The lowest BCUT2D eigenvalue weighted by Crippen LogP contribution is -2.17. The van der Waals surface area contributed by atoms with Gasteiger partial charge in [0.05, 0.1) is 0 Å². The van der Waals surface area contributed by atoms with Crippen molar-refractivity contribution >= 4 is 5.97 Å². The molecule has 0 aromatic heterocycles. The second kappa shape index (κ2) is 16.8. The van der Waals surface area contributed by atoms with E-state index in [0.717, 1.165) is 19.3 Å². The van der Waals surface area contributed by atoms with Crippen LogP contribution in [0.1, 0.15) is 117 Å². The van der Waals surface area contributed by atoms with E-state index in [1.165, 1.54) is 70.6 Å². The average molecular weight is 313 g/mol. The van der Waals surface area contributed by atoms with Crippen LogP contribution in [0.25, 0.3) is 0 Å². The van der Waals surface area contributed by atoms with E-state index in [0.29, 0.717) is 6.42 Å². The summed E-state index contributed by atoms with van der Waals surface area (Å²) in [5, 5.41) is 0. The first-order valence-corrected chi connectivity index (χ1v) is 9.94. The van der Waals surface area contributed by atoms with Gasteiger partial charge in [0.1, 0.15) is 6.10 Å². The molecule has 22 heavy (non-hydrogen) atoms. The molecule has 0 aliphatic carbocycles. The summed E-state index contributed by atoms with van der Waals surface area (Å²) >= 11 is 0. The van der Waals surface area contributed by atoms with Crippen molar-refractivity contribution in [3.8, 4) is 0 Å². The predicted octanol–water partition coefficient (Wildman–Crippen LogP) is 6.81. The summed E-state index contributed by atoms with van der Waals surface area (Å²) in [4.78, 5) is 11.9. The highest BCUT2D eigenvalue weighted by Crippen LogP contribution is 2.14. The van der Waals surface area contributed by atoms with E-state index in [2.05, 4.69) is 20.8 Å². The molecule has 0 aliphatic rings. The second-order valence-electron chi connectivity index (χ2n) is 6.59. The molecular formula is C20H40O2. The molecule has 0 spiro atoms. The largest absolute Gasteiger partial charge is 0.462 e. The third-order valence-electron chi connectivity index (χ3n) is 4.37. The van der Waals surface area contributed by atoms with Crippen LogP contribution in [-0.2, 0) is 9.53 Å². The van der Waals surface area contributed by atoms with Gasteiger partial charge in [-0.3, -0.25) is 4.79 Å². The summed E-state index contributed by atoms with van der Waals surface area (Å²) in [5.41, 5.74) is 0. The Kier molecular flexibility index (Phi) is 16.4. The van der Waals surface area contributed by atoms with Crippen LogP contribution in [0, 0.1) is 0 Å². The third-order valence-corrected chi connectivity index (χ3v) is 4.37. The van der Waals surface area contributed by atoms with Crippen LogP contribution in [0.4, 0.5) is 0 Å². The van der Waals surface area contributed by atoms with E-state index >= 15 is 0 Å². The van der Waals surface area contributed by atoms with Gasteiger partial charge in [-0.2, -0.15) is 0 Å². The molecule has 2 nitrogen and oxygen atoms in total. The zero-order valence-corrected chi connectivity index (χ0v) is 15.5. The van der Waals surface area contributed by atoms with Gasteiger partial charge in [0.2, 0.25) is 0 Å². The Balaban J connectivity index is 3.49. The van der Waals surface area contributed by atoms with Gasteiger partial charge in [0, 0.05) is 6.42 Å². The first-order chi connectivity index (χ1) is 10.7. The summed E-state index contributed by atoms with van der Waals surface area (Å²) < 4.78 is 5.60. The number of rotatable bonds is 16. The topological polar surface area (TPSA) is 26.3 Å². The van der Waals surface area contributed by atoms with Gasteiger partial charge in [-0.05, 0) is 25.7 Å². The first-order valence-electron chi connectivity index (χ1n) is 9.94. The second-order valence-corrected chi connectivity index (χ2v) is 6.59. The summed E-state index contributed by atoms with van der Waals surface area (Å²) in [6.07, 6.45) is 17.9. The number of ether oxygens (including phenoxy) is 1. The summed E-state index contributed by atoms with van der Waals surface area (Å²) in [6.45, 7) is 6.59. The molecule has 0 heterocycles. The standard InChI is InChI=1S/C20H40O2/c1-4-7-9-11-12-13-14-16-18-20(21)22-19(6-3)17-15-10-8-5-2/h19H,4-18H2,1-3H3/t19-/m1/s1. The molecule has 0 fully saturated rings. The zero-order valence-electron chi connectivity index (χ0n) is 15.5. The predicted molar refractivity (Wildman–Crippen MR) is 96.2 cm³/mol. The van der Waals surface area contributed by atoms with E-state index in [-0.39, 0.29) is 12.1 Å². The van der Waals surface area contributed by atoms with E-state index < -0.39 is 0 Å². The highest BCUT2D eigenvalue weighted by Gasteiger charge is 2.11. The molecule has 0 aromatic rings. The van der Waals surface area contributed by atoms with Crippen molar-refractivity contribution in [2.24, 2.45) is 0 Å². The van der Waals surface area contributed by atoms with Crippen LogP contribution in [0.3, 0.4) is 0 Å². The van der Waals surface area contributed by atoms with Gasteiger partial charge >= 0.3 is 5.97 Å². The van der Waals surface area contributed by atoms with Crippen LogP contribution in [-0.4, -0.2) is 12.1 Å². The molecule has 0 bridgehead atoms. The average Bonchev–Trinajstić information content (AvgIpc) is 2.52. The summed E-state index contributed by atoms with van der Waals surface area (Å²) in [5.74, 6) is 0.0216. The van der Waals surface area contributed by atoms with E-state index in [1.807, 2.05) is 0 Å². The molecule has 0 unspecified atom stereocenters. The molecule has 0 aromatic carbocycles. The number of hydrogen-bond acceptors (Lipinski definition) is 2. The molecule has 1 atom stereocenters. The van der Waals surface area contributed by atoms with E-state index in [9.17, 15) is 4.79 Å². The number of hydrogen-bond donors (Lipinski definition) is 0. The Morgan fingerprint density at radius 1 is 0.727 bits per heavy atom. The van der Waals surface area contributed by atoms with Gasteiger partial charge < -0.3 is 4.74 Å². The van der Waals surface area contributed by atoms with E-state index in [4.69, 9.17) is 4.74 Å². The SMILES string of the molecule is CCCCCCCCCCC(=O)O[C@H](CC)CCCCCC. The molecular weight excluding hydrogens is 272 g/mol. The fourth-order valence-corrected chi connectivity index (χ4v) is 2.79. The minimum absolute atomic E-state index is 0.0216. The number of esters is 1. The maximum absolute atomic E-state index is 11.9. The third kappa shape index (κ3) is 14.4. The molecule has 0 saturated carbocycles. The number of carbonyl (C=O) groups excluding carboxylic acids is 1. The first kappa shape index (κ1) is 21.5. The maximum Gasteiger partial charge on any atom is 0.306 e. The zero-order chi connectivity index (χ0) is 16.5. The van der Waals surface area contributed by atoms with Gasteiger partial charge in [0.15, 0.2) is 0 Å². The Bertz CT molecular complexity index is 238. The Labute approximate surface area is 139 Å². The molecule has 0 rings (SSSR count). The van der Waals surface area contributed by atoms with Crippen LogP contribution >= 0.6 is 0 Å². The van der Waals surface area contributed by atoms with Crippen LogP contribution in [0.15, 0.2) is 0 Å². The quantitative estimate of drug-likeness (QED) is 0.231. The Hall–Kier alpha value is -0.530. The van der Waals surface area contributed by atoms with E-state index in [1.54, 1.807) is 0 Å². The van der Waals surface area contributed by atoms with Crippen LogP contribution in [0.2, 0.25) is 0 Å². The van der Waals surface area contributed by atoms with Crippen LogP contribution in [0.5, 0.6) is 0 Å². The minimum Gasteiger partial charge on any atom is -0.462 e. The highest BCUT2D eigenvalue weighted by molar-refractivity contribution is 5.69. The lowest BCUT2D eigenvalue weighted by atomic mass is 10.1. The monoisotopic (exact) mass is 312 g/mol. The van der Waals surface area contributed by atoms with Crippen LogP contribution < -0.4 is 0 Å². The molecule has 132 valence electrons. The smallest absolute Gasteiger partial charge is 0.306 e. The van der Waals surface area contributed by atoms with Gasteiger partial charge in [-0.15, -0.1) is 0 Å². The van der Waals surface area contributed by atoms with Crippen molar-refractivity contribution in [1.29, 1.82) is 0 Å². The van der Waals surface area contributed by atoms with Crippen molar-refractivity contribution in [3.05, 3.63) is 0 Å². The number of unbranched alkanes of at least 4 members (excludes halogenated alkanes) is 10. The number of carbonyl (C=O) groups is 1. The fourth-order valence-electron chi connectivity index (χ4n) is 2.79.